The highest BCUT2D eigenvalue weighted by Crippen LogP contribution is 2.26. The van der Waals surface area contributed by atoms with Crippen LogP contribution in [0, 0.1) is 0 Å². The molecule has 1 aromatic heterocycles. The zero-order valence-electron chi connectivity index (χ0n) is 15.0. The molecule has 0 unspecified atom stereocenters. The average molecular weight is 380 g/mol. The predicted octanol–water partition coefficient (Wildman–Crippen LogP) is 5.89. The zero-order valence-corrected chi connectivity index (χ0v) is 15.8. The number of nitrogens with one attached hydrogen (secondary N) is 2. The van der Waals surface area contributed by atoms with Gasteiger partial charge in [0.25, 0.3) is 5.91 Å². The van der Waals surface area contributed by atoms with Crippen LogP contribution in [0.5, 0.6) is 0 Å². The second kappa shape index (κ2) is 7.97. The highest BCUT2D eigenvalue weighted by Gasteiger charge is 2.15. The van der Waals surface area contributed by atoms with Crippen LogP contribution in [0.4, 0.5) is 11.4 Å². The van der Waals surface area contributed by atoms with Crippen molar-refractivity contribution < 1.29 is 4.79 Å². The number of rotatable bonds is 4. The Morgan fingerprint density at radius 2 is 1.81 bits per heavy atom. The summed E-state index contributed by atoms with van der Waals surface area (Å²) in [6.45, 7) is 0. The molecular formula is C22H22ClN3O. The van der Waals surface area contributed by atoms with E-state index < -0.39 is 0 Å². The molecule has 0 aliphatic heterocycles. The van der Waals surface area contributed by atoms with E-state index >= 15 is 0 Å². The Morgan fingerprint density at radius 3 is 2.63 bits per heavy atom. The predicted molar refractivity (Wildman–Crippen MR) is 112 cm³/mol. The van der Waals surface area contributed by atoms with Gasteiger partial charge in [0.2, 0.25) is 0 Å². The first kappa shape index (κ1) is 17.8. The molecule has 1 aliphatic carbocycles. The number of hydrogen-bond donors (Lipinski definition) is 2. The highest BCUT2D eigenvalue weighted by atomic mass is 35.5. The van der Waals surface area contributed by atoms with Crippen molar-refractivity contribution in [2.24, 2.45) is 0 Å². The summed E-state index contributed by atoms with van der Waals surface area (Å²) >= 11 is 6.39. The van der Waals surface area contributed by atoms with E-state index in [0.29, 0.717) is 22.3 Å². The first-order valence-electron chi connectivity index (χ1n) is 9.41. The number of benzene rings is 2. The lowest BCUT2D eigenvalue weighted by Crippen LogP contribution is -2.22. The first-order chi connectivity index (χ1) is 13.2. The summed E-state index contributed by atoms with van der Waals surface area (Å²) < 4.78 is 0. The fourth-order valence-electron chi connectivity index (χ4n) is 3.61. The van der Waals surface area contributed by atoms with Crippen LogP contribution in [0.1, 0.15) is 42.5 Å². The summed E-state index contributed by atoms with van der Waals surface area (Å²) in [5, 5.41) is 7.84. The van der Waals surface area contributed by atoms with E-state index in [2.05, 4.69) is 15.6 Å². The number of fused-ring (bicyclic) bond motifs is 1. The minimum atomic E-state index is -0.235. The molecule has 1 fully saturated rings. The minimum Gasteiger partial charge on any atom is -0.382 e. The van der Waals surface area contributed by atoms with E-state index in [0.717, 1.165) is 16.6 Å². The Bertz CT molecular complexity index is 967. The van der Waals surface area contributed by atoms with Gasteiger partial charge in [0.05, 0.1) is 28.0 Å². The Morgan fingerprint density at radius 1 is 1.00 bits per heavy atom. The van der Waals surface area contributed by atoms with Gasteiger partial charge in [-0.3, -0.25) is 9.78 Å². The molecule has 1 aliphatic rings. The highest BCUT2D eigenvalue weighted by molar-refractivity contribution is 6.34. The van der Waals surface area contributed by atoms with Crippen LogP contribution in [-0.2, 0) is 0 Å². The van der Waals surface area contributed by atoms with Crippen LogP contribution in [0.25, 0.3) is 10.9 Å². The molecule has 1 saturated carbocycles. The van der Waals surface area contributed by atoms with Gasteiger partial charge in [-0.2, -0.15) is 0 Å². The lowest BCUT2D eigenvalue weighted by molar-refractivity contribution is 0.102. The van der Waals surface area contributed by atoms with E-state index in [1.165, 1.54) is 32.1 Å². The Balaban J connectivity index is 1.47. The number of anilines is 2. The quantitative estimate of drug-likeness (QED) is 0.594. The van der Waals surface area contributed by atoms with Gasteiger partial charge in [-0.15, -0.1) is 0 Å². The van der Waals surface area contributed by atoms with Crippen LogP contribution in [0.2, 0.25) is 5.02 Å². The van der Waals surface area contributed by atoms with Crippen LogP contribution >= 0.6 is 11.6 Å². The molecule has 1 amide bonds. The molecule has 0 saturated heterocycles. The van der Waals surface area contributed by atoms with Crippen molar-refractivity contribution in [3.63, 3.8) is 0 Å². The fraction of sp³-hybridized carbons (Fsp3) is 0.273. The number of carbonyl (C=O) groups is 1. The van der Waals surface area contributed by atoms with Crippen molar-refractivity contribution >= 4 is 39.8 Å². The normalized spacial score (nSPS) is 14.9. The van der Waals surface area contributed by atoms with Gasteiger partial charge in [-0.25, -0.2) is 0 Å². The third-order valence-corrected chi connectivity index (χ3v) is 5.35. The molecular weight excluding hydrogens is 358 g/mol. The monoisotopic (exact) mass is 379 g/mol. The lowest BCUT2D eigenvalue weighted by atomic mass is 9.95. The molecule has 138 valence electrons. The van der Waals surface area contributed by atoms with Gasteiger partial charge in [0.1, 0.15) is 0 Å². The topological polar surface area (TPSA) is 54.0 Å². The molecule has 4 nitrogen and oxygen atoms in total. The van der Waals surface area contributed by atoms with Crippen LogP contribution < -0.4 is 10.6 Å². The zero-order chi connectivity index (χ0) is 18.6. The van der Waals surface area contributed by atoms with Crippen LogP contribution in [0.15, 0.2) is 54.7 Å². The standard InChI is InChI=1S/C22H22ClN3O/c23-20-13-17(25-16-7-2-1-3-8-16)10-11-19(20)22(27)26-18-12-15-6-4-5-9-21(15)24-14-18/h4-6,9-14,16,25H,1-3,7-8H2,(H,26,27). The molecule has 0 bridgehead atoms. The smallest absolute Gasteiger partial charge is 0.257 e. The van der Waals surface area contributed by atoms with Crippen molar-refractivity contribution in [1.82, 2.24) is 4.98 Å². The fourth-order valence-corrected chi connectivity index (χ4v) is 3.88. The molecule has 0 radical (unpaired) electrons. The maximum Gasteiger partial charge on any atom is 0.257 e. The van der Waals surface area contributed by atoms with Gasteiger partial charge < -0.3 is 10.6 Å². The lowest BCUT2D eigenvalue weighted by Gasteiger charge is -2.24. The molecule has 2 aromatic carbocycles. The molecule has 0 atom stereocenters. The van der Waals surface area contributed by atoms with Gasteiger partial charge in [0.15, 0.2) is 0 Å². The van der Waals surface area contributed by atoms with E-state index in [1.807, 2.05) is 42.5 Å². The van der Waals surface area contributed by atoms with E-state index in [9.17, 15) is 4.79 Å². The third kappa shape index (κ3) is 4.22. The first-order valence-corrected chi connectivity index (χ1v) is 9.79. The Hall–Kier alpha value is -2.59. The van der Waals surface area contributed by atoms with E-state index in [1.54, 1.807) is 12.3 Å². The summed E-state index contributed by atoms with van der Waals surface area (Å²) in [5.41, 5.74) is 2.97. The second-order valence-electron chi connectivity index (χ2n) is 7.04. The van der Waals surface area contributed by atoms with Crippen molar-refractivity contribution in [2.75, 3.05) is 10.6 Å². The number of para-hydroxylation sites is 1. The van der Waals surface area contributed by atoms with Gasteiger partial charge >= 0.3 is 0 Å². The molecule has 1 heterocycles. The largest absolute Gasteiger partial charge is 0.382 e. The van der Waals surface area contributed by atoms with Gasteiger partial charge in [-0.05, 0) is 43.2 Å². The number of nitrogens with zero attached hydrogens (tertiary/aromatic N) is 1. The van der Waals surface area contributed by atoms with E-state index in [-0.39, 0.29) is 5.91 Å². The Kier molecular flexibility index (Phi) is 5.26. The maximum absolute atomic E-state index is 12.6. The van der Waals surface area contributed by atoms with Gasteiger partial charge in [-0.1, -0.05) is 49.1 Å². The summed E-state index contributed by atoms with van der Waals surface area (Å²) in [6, 6.07) is 15.7. The molecule has 4 rings (SSSR count). The van der Waals surface area contributed by atoms with Crippen molar-refractivity contribution in [3.05, 3.63) is 65.3 Å². The number of hydrogen-bond acceptors (Lipinski definition) is 3. The number of amides is 1. The van der Waals surface area contributed by atoms with Crippen LogP contribution in [-0.4, -0.2) is 16.9 Å². The molecule has 3 aromatic rings. The average Bonchev–Trinajstić information content (AvgIpc) is 2.69. The number of halogens is 1. The van der Waals surface area contributed by atoms with Crippen LogP contribution in [0.3, 0.4) is 0 Å². The number of carbonyl (C=O) groups excluding carboxylic acids is 1. The number of aromatic nitrogens is 1. The minimum absolute atomic E-state index is 0.235. The SMILES string of the molecule is O=C(Nc1cnc2ccccc2c1)c1ccc(NC2CCCCC2)cc1Cl. The molecule has 5 heteroatoms. The summed E-state index contributed by atoms with van der Waals surface area (Å²) in [7, 11) is 0. The summed E-state index contributed by atoms with van der Waals surface area (Å²) in [5.74, 6) is -0.235. The third-order valence-electron chi connectivity index (χ3n) is 5.04. The summed E-state index contributed by atoms with van der Waals surface area (Å²) in [6.07, 6.45) is 7.90. The van der Waals surface area contributed by atoms with Crippen molar-refractivity contribution in [1.29, 1.82) is 0 Å². The molecule has 0 spiro atoms. The second-order valence-corrected chi connectivity index (χ2v) is 7.45. The molecule has 2 N–H and O–H groups in total. The van der Waals surface area contributed by atoms with Crippen molar-refractivity contribution in [3.8, 4) is 0 Å². The number of pyridine rings is 1. The van der Waals surface area contributed by atoms with E-state index in [4.69, 9.17) is 11.6 Å². The molecule has 27 heavy (non-hydrogen) atoms. The van der Waals surface area contributed by atoms with Crippen molar-refractivity contribution in [2.45, 2.75) is 38.1 Å². The Labute approximate surface area is 164 Å². The maximum atomic E-state index is 12.6. The van der Waals surface area contributed by atoms with Gasteiger partial charge in [0, 0.05) is 17.1 Å². The summed E-state index contributed by atoms with van der Waals surface area (Å²) in [4.78, 5) is 17.0.